The molecular weight excluding hydrogens is 337 g/mol. The van der Waals surface area contributed by atoms with Crippen LogP contribution in [0.1, 0.15) is 54.5 Å². The molecule has 2 aromatic heterocycles. The Bertz CT molecular complexity index is 954. The third-order valence-corrected chi connectivity index (χ3v) is 4.13. The van der Waals surface area contributed by atoms with Crippen LogP contribution in [0.25, 0.3) is 5.78 Å². The summed E-state index contributed by atoms with van der Waals surface area (Å²) in [5.74, 6) is -0.170. The minimum atomic E-state index is -0.476. The molecule has 3 rings (SSSR count). The first-order valence-corrected chi connectivity index (χ1v) is 8.25. The van der Waals surface area contributed by atoms with Crippen LogP contribution in [0.3, 0.4) is 0 Å². The number of fused-ring (bicyclic) bond motifs is 1. The first-order chi connectivity index (χ1) is 12.4. The Morgan fingerprint density at radius 2 is 2.04 bits per heavy atom. The molecule has 0 unspecified atom stereocenters. The van der Waals surface area contributed by atoms with E-state index in [1.807, 2.05) is 13.8 Å². The lowest BCUT2D eigenvalue weighted by molar-refractivity contribution is 0.0934. The fraction of sp³-hybridized carbons (Fsp3) is 0.333. The van der Waals surface area contributed by atoms with Crippen LogP contribution in [0.2, 0.25) is 0 Å². The highest BCUT2D eigenvalue weighted by molar-refractivity contribution is 5.93. The number of hydrogen-bond donors (Lipinski definition) is 1. The van der Waals surface area contributed by atoms with Crippen molar-refractivity contribution in [2.45, 2.75) is 32.7 Å². The van der Waals surface area contributed by atoms with Crippen molar-refractivity contribution in [3.8, 4) is 5.75 Å². The van der Waals surface area contributed by atoms with Gasteiger partial charge in [0.2, 0.25) is 0 Å². The highest BCUT2D eigenvalue weighted by Gasteiger charge is 2.18. The number of carbonyl (C=O) groups excluding carboxylic acids is 1. The number of nitrogens with zero attached hydrogens (tertiary/aromatic N) is 4. The van der Waals surface area contributed by atoms with Crippen molar-refractivity contribution in [2.24, 2.45) is 0 Å². The van der Waals surface area contributed by atoms with Crippen molar-refractivity contribution in [3.63, 3.8) is 0 Å². The van der Waals surface area contributed by atoms with Gasteiger partial charge in [-0.25, -0.2) is 13.9 Å². The Balaban J connectivity index is 1.85. The normalized spacial score (nSPS) is 12.4. The van der Waals surface area contributed by atoms with E-state index in [1.54, 1.807) is 23.6 Å². The second-order valence-corrected chi connectivity index (χ2v) is 6.28. The van der Waals surface area contributed by atoms with Crippen molar-refractivity contribution in [1.29, 1.82) is 0 Å². The summed E-state index contributed by atoms with van der Waals surface area (Å²) in [6, 6.07) is 5.88. The van der Waals surface area contributed by atoms with Gasteiger partial charge in [-0.2, -0.15) is 10.1 Å². The van der Waals surface area contributed by atoms with Crippen LogP contribution in [0.15, 0.2) is 30.6 Å². The standard InChI is InChI=1S/C18H20FN5O2/c1-10(2)15-8-14(23-18-20-9-21-24(15)18)17(25)22-11(3)12-5-6-16(26-4)13(19)7-12/h5-11H,1-4H3,(H,22,25)/t11-/m1/s1. The first-order valence-electron chi connectivity index (χ1n) is 8.25. The second-order valence-electron chi connectivity index (χ2n) is 6.28. The molecule has 8 heteroatoms. The van der Waals surface area contributed by atoms with Crippen molar-refractivity contribution >= 4 is 11.7 Å². The highest BCUT2D eigenvalue weighted by atomic mass is 19.1. The van der Waals surface area contributed by atoms with E-state index in [4.69, 9.17) is 4.74 Å². The van der Waals surface area contributed by atoms with Crippen LogP contribution in [0.4, 0.5) is 4.39 Å². The maximum atomic E-state index is 13.9. The lowest BCUT2D eigenvalue weighted by atomic mass is 10.1. The lowest BCUT2D eigenvalue weighted by Gasteiger charge is -2.16. The fourth-order valence-electron chi connectivity index (χ4n) is 2.67. The van der Waals surface area contributed by atoms with Gasteiger partial charge in [0.15, 0.2) is 11.6 Å². The maximum absolute atomic E-state index is 13.9. The molecule has 7 nitrogen and oxygen atoms in total. The van der Waals surface area contributed by atoms with Gasteiger partial charge in [-0.1, -0.05) is 19.9 Å². The molecule has 0 saturated carbocycles. The number of methoxy groups -OCH3 is 1. The molecule has 0 saturated heterocycles. The van der Waals surface area contributed by atoms with E-state index < -0.39 is 11.9 Å². The molecule has 26 heavy (non-hydrogen) atoms. The summed E-state index contributed by atoms with van der Waals surface area (Å²) < 4.78 is 20.4. The number of benzene rings is 1. The van der Waals surface area contributed by atoms with Crippen molar-refractivity contribution in [3.05, 3.63) is 53.4 Å². The van der Waals surface area contributed by atoms with Gasteiger partial charge in [0.05, 0.1) is 18.8 Å². The van der Waals surface area contributed by atoms with Gasteiger partial charge < -0.3 is 10.1 Å². The predicted octanol–water partition coefficient (Wildman–Crippen LogP) is 2.89. The van der Waals surface area contributed by atoms with E-state index in [0.717, 1.165) is 5.69 Å². The molecule has 136 valence electrons. The van der Waals surface area contributed by atoms with Crippen molar-refractivity contribution < 1.29 is 13.9 Å². The second kappa shape index (κ2) is 7.07. The summed E-state index contributed by atoms with van der Waals surface area (Å²) in [5.41, 5.74) is 1.71. The molecule has 1 atom stereocenters. The van der Waals surface area contributed by atoms with Gasteiger partial charge in [0.25, 0.3) is 11.7 Å². The molecule has 1 amide bonds. The summed E-state index contributed by atoms with van der Waals surface area (Å²) >= 11 is 0. The number of aromatic nitrogens is 4. The number of ether oxygens (including phenoxy) is 1. The molecule has 0 spiro atoms. The van der Waals surface area contributed by atoms with Crippen LogP contribution in [-0.4, -0.2) is 32.6 Å². The topological polar surface area (TPSA) is 81.4 Å². The molecule has 1 N–H and O–H groups in total. The quantitative estimate of drug-likeness (QED) is 0.759. The SMILES string of the molecule is COc1ccc([C@@H](C)NC(=O)c2cc(C(C)C)n3ncnc3n2)cc1F. The number of hydrogen-bond acceptors (Lipinski definition) is 5. The zero-order valence-corrected chi connectivity index (χ0v) is 15.0. The van der Waals surface area contributed by atoms with Crippen molar-refractivity contribution in [1.82, 2.24) is 24.9 Å². The first kappa shape index (κ1) is 17.8. The molecule has 0 aliphatic heterocycles. The molecule has 3 aromatic rings. The van der Waals surface area contributed by atoms with Crippen molar-refractivity contribution in [2.75, 3.05) is 7.11 Å². The van der Waals surface area contributed by atoms with Crippen LogP contribution in [0.5, 0.6) is 5.75 Å². The van der Waals surface area contributed by atoms with Gasteiger partial charge in [0.1, 0.15) is 12.0 Å². The number of carbonyl (C=O) groups is 1. The van der Waals surface area contributed by atoms with Gasteiger partial charge >= 0.3 is 0 Å². The van der Waals surface area contributed by atoms with Crippen LogP contribution in [-0.2, 0) is 0 Å². The van der Waals surface area contributed by atoms with E-state index >= 15 is 0 Å². The minimum absolute atomic E-state index is 0.141. The Hall–Kier alpha value is -3.03. The lowest BCUT2D eigenvalue weighted by Crippen LogP contribution is -2.28. The summed E-state index contributed by atoms with van der Waals surface area (Å²) in [7, 11) is 1.40. The summed E-state index contributed by atoms with van der Waals surface area (Å²) in [5, 5.41) is 6.97. The highest BCUT2D eigenvalue weighted by Crippen LogP contribution is 2.22. The molecule has 0 aliphatic rings. The average molecular weight is 357 g/mol. The summed E-state index contributed by atoms with van der Waals surface area (Å²) in [4.78, 5) is 21.0. The molecule has 0 radical (unpaired) electrons. The molecule has 0 fully saturated rings. The van der Waals surface area contributed by atoms with Crippen LogP contribution in [0, 0.1) is 5.82 Å². The molecule has 1 aromatic carbocycles. The number of rotatable bonds is 5. The van der Waals surface area contributed by atoms with Gasteiger partial charge in [-0.3, -0.25) is 4.79 Å². The van der Waals surface area contributed by atoms with Gasteiger partial charge in [-0.15, -0.1) is 0 Å². The smallest absolute Gasteiger partial charge is 0.270 e. The fourth-order valence-corrected chi connectivity index (χ4v) is 2.67. The van der Waals surface area contributed by atoms with E-state index in [9.17, 15) is 9.18 Å². The summed E-state index contributed by atoms with van der Waals surface area (Å²) in [6.45, 7) is 5.78. The van der Waals surface area contributed by atoms with Gasteiger partial charge in [0, 0.05) is 0 Å². The number of amides is 1. The molecule has 0 aliphatic carbocycles. The van der Waals surface area contributed by atoms with Crippen LogP contribution >= 0.6 is 0 Å². The van der Waals surface area contributed by atoms with E-state index in [-0.39, 0.29) is 23.3 Å². The molecule has 0 bridgehead atoms. The maximum Gasteiger partial charge on any atom is 0.270 e. The number of halogens is 1. The predicted molar refractivity (Wildman–Crippen MR) is 93.7 cm³/mol. The van der Waals surface area contributed by atoms with Gasteiger partial charge in [-0.05, 0) is 36.6 Å². The zero-order valence-electron chi connectivity index (χ0n) is 15.0. The van der Waals surface area contributed by atoms with E-state index in [0.29, 0.717) is 11.3 Å². The third kappa shape index (κ3) is 3.35. The molecular formula is C18H20FN5O2. The third-order valence-electron chi connectivity index (χ3n) is 4.13. The number of nitrogens with one attached hydrogen (secondary N) is 1. The van der Waals surface area contributed by atoms with Crippen LogP contribution < -0.4 is 10.1 Å². The zero-order chi connectivity index (χ0) is 18.8. The monoisotopic (exact) mass is 357 g/mol. The van der Waals surface area contributed by atoms with E-state index in [2.05, 4.69) is 20.4 Å². The molecule has 2 heterocycles. The van der Waals surface area contributed by atoms with E-state index in [1.165, 1.54) is 25.6 Å². The Morgan fingerprint density at radius 3 is 2.69 bits per heavy atom. The largest absolute Gasteiger partial charge is 0.494 e. The average Bonchev–Trinajstić information content (AvgIpc) is 3.08. The Kier molecular flexibility index (Phi) is 4.83. The summed E-state index contributed by atoms with van der Waals surface area (Å²) in [6.07, 6.45) is 1.40. The Morgan fingerprint density at radius 1 is 1.27 bits per heavy atom. The Labute approximate surface area is 150 Å². The minimum Gasteiger partial charge on any atom is -0.494 e.